The van der Waals surface area contributed by atoms with E-state index in [0.29, 0.717) is 16.9 Å². The third-order valence-electron chi connectivity index (χ3n) is 3.10. The SMILES string of the molecule is COc1cc(C)ccc1C(=O)N/N=C/c1ccccc1[N+](=O)[O-]. The average Bonchev–Trinajstić information content (AvgIpc) is 2.54. The van der Waals surface area contributed by atoms with Crippen LogP contribution in [0, 0.1) is 17.0 Å². The van der Waals surface area contributed by atoms with Crippen LogP contribution in [0.25, 0.3) is 0 Å². The van der Waals surface area contributed by atoms with Crippen molar-refractivity contribution in [2.45, 2.75) is 6.92 Å². The first-order valence-electron chi connectivity index (χ1n) is 6.74. The quantitative estimate of drug-likeness (QED) is 0.521. The summed E-state index contributed by atoms with van der Waals surface area (Å²) in [6.07, 6.45) is 1.23. The van der Waals surface area contributed by atoms with Crippen LogP contribution in [-0.2, 0) is 0 Å². The second-order valence-corrected chi connectivity index (χ2v) is 4.72. The number of para-hydroxylation sites is 1. The molecule has 0 saturated heterocycles. The number of nitrogens with one attached hydrogen (secondary N) is 1. The van der Waals surface area contributed by atoms with E-state index in [4.69, 9.17) is 4.74 Å². The Morgan fingerprint density at radius 3 is 2.74 bits per heavy atom. The molecule has 0 aliphatic heterocycles. The Bertz CT molecular complexity index is 772. The minimum Gasteiger partial charge on any atom is -0.496 e. The van der Waals surface area contributed by atoms with E-state index >= 15 is 0 Å². The molecule has 7 heteroatoms. The van der Waals surface area contributed by atoms with Crippen LogP contribution in [0.1, 0.15) is 21.5 Å². The summed E-state index contributed by atoms with van der Waals surface area (Å²) in [6.45, 7) is 1.89. The van der Waals surface area contributed by atoms with Gasteiger partial charge in [0.25, 0.3) is 11.6 Å². The van der Waals surface area contributed by atoms with Crippen molar-refractivity contribution in [1.82, 2.24) is 5.43 Å². The molecule has 2 aromatic rings. The first-order valence-corrected chi connectivity index (χ1v) is 6.74. The minimum atomic E-state index is -0.508. The van der Waals surface area contributed by atoms with Crippen molar-refractivity contribution >= 4 is 17.8 Å². The summed E-state index contributed by atoms with van der Waals surface area (Å²) in [7, 11) is 1.47. The number of rotatable bonds is 5. The third kappa shape index (κ3) is 3.91. The van der Waals surface area contributed by atoms with Crippen LogP contribution in [0.2, 0.25) is 0 Å². The molecule has 7 nitrogen and oxygen atoms in total. The van der Waals surface area contributed by atoms with Crippen molar-refractivity contribution < 1.29 is 14.5 Å². The van der Waals surface area contributed by atoms with Gasteiger partial charge < -0.3 is 4.74 Å². The highest BCUT2D eigenvalue weighted by molar-refractivity contribution is 5.97. The Balaban J connectivity index is 2.15. The Labute approximate surface area is 132 Å². The van der Waals surface area contributed by atoms with Gasteiger partial charge in [0, 0.05) is 6.07 Å². The topological polar surface area (TPSA) is 93.8 Å². The predicted octanol–water partition coefficient (Wildman–Crippen LogP) is 2.68. The molecule has 0 aliphatic carbocycles. The number of nitrogens with zero attached hydrogens (tertiary/aromatic N) is 2. The van der Waals surface area contributed by atoms with Gasteiger partial charge in [0.15, 0.2) is 0 Å². The van der Waals surface area contributed by atoms with E-state index in [0.717, 1.165) is 5.56 Å². The van der Waals surface area contributed by atoms with Crippen LogP contribution >= 0.6 is 0 Å². The lowest BCUT2D eigenvalue weighted by Gasteiger charge is -2.07. The number of nitro groups is 1. The molecule has 0 radical (unpaired) electrons. The molecule has 0 unspecified atom stereocenters. The van der Waals surface area contributed by atoms with Gasteiger partial charge in [-0.3, -0.25) is 14.9 Å². The number of aryl methyl sites for hydroxylation is 1. The van der Waals surface area contributed by atoms with Gasteiger partial charge in [-0.05, 0) is 30.7 Å². The largest absolute Gasteiger partial charge is 0.496 e. The molecule has 0 spiro atoms. The number of amides is 1. The van der Waals surface area contributed by atoms with E-state index in [1.54, 1.807) is 36.4 Å². The zero-order valence-electron chi connectivity index (χ0n) is 12.6. The molecule has 0 saturated carbocycles. The number of methoxy groups -OCH3 is 1. The van der Waals surface area contributed by atoms with Crippen molar-refractivity contribution in [1.29, 1.82) is 0 Å². The molecule has 0 aromatic heterocycles. The van der Waals surface area contributed by atoms with Crippen LogP contribution in [0.5, 0.6) is 5.75 Å². The predicted molar refractivity (Wildman–Crippen MR) is 85.9 cm³/mol. The van der Waals surface area contributed by atoms with E-state index in [9.17, 15) is 14.9 Å². The van der Waals surface area contributed by atoms with E-state index in [2.05, 4.69) is 10.5 Å². The molecular weight excluding hydrogens is 298 g/mol. The molecule has 1 N–H and O–H groups in total. The molecule has 0 fully saturated rings. The monoisotopic (exact) mass is 313 g/mol. The summed E-state index contributed by atoms with van der Waals surface area (Å²) < 4.78 is 5.16. The zero-order valence-corrected chi connectivity index (χ0v) is 12.6. The molecule has 23 heavy (non-hydrogen) atoms. The lowest BCUT2D eigenvalue weighted by atomic mass is 10.1. The molecule has 0 aliphatic rings. The van der Waals surface area contributed by atoms with Gasteiger partial charge in [0.1, 0.15) is 5.75 Å². The summed E-state index contributed by atoms with van der Waals surface area (Å²) in [4.78, 5) is 22.5. The number of ether oxygens (including phenoxy) is 1. The van der Waals surface area contributed by atoms with E-state index < -0.39 is 10.8 Å². The zero-order chi connectivity index (χ0) is 16.8. The van der Waals surface area contributed by atoms with Crippen LogP contribution in [0.15, 0.2) is 47.6 Å². The van der Waals surface area contributed by atoms with Gasteiger partial charge in [0.05, 0.1) is 29.4 Å². The Kier molecular flexibility index (Phi) is 5.03. The average molecular weight is 313 g/mol. The fraction of sp³-hybridized carbons (Fsp3) is 0.125. The number of hydrazone groups is 1. The highest BCUT2D eigenvalue weighted by atomic mass is 16.6. The summed E-state index contributed by atoms with van der Waals surface area (Å²) in [6, 6.07) is 11.3. The van der Waals surface area contributed by atoms with Gasteiger partial charge in [0.2, 0.25) is 0 Å². The molecule has 0 atom stereocenters. The van der Waals surface area contributed by atoms with Crippen LogP contribution < -0.4 is 10.2 Å². The number of nitro benzene ring substituents is 1. The number of hydrogen-bond acceptors (Lipinski definition) is 5. The standard InChI is InChI=1S/C16H15N3O4/c1-11-7-8-13(15(9-11)23-2)16(20)18-17-10-12-5-3-4-6-14(12)19(21)22/h3-10H,1-2H3,(H,18,20)/b17-10+. The molecule has 118 valence electrons. The molecule has 0 bridgehead atoms. The second kappa shape index (κ2) is 7.17. The van der Waals surface area contributed by atoms with E-state index in [1.807, 2.05) is 6.92 Å². The molecule has 0 heterocycles. The fourth-order valence-corrected chi connectivity index (χ4v) is 1.97. The van der Waals surface area contributed by atoms with Gasteiger partial charge in [-0.2, -0.15) is 5.10 Å². The number of carbonyl (C=O) groups is 1. The Morgan fingerprint density at radius 2 is 2.04 bits per heavy atom. The van der Waals surface area contributed by atoms with Crippen LogP contribution in [0.4, 0.5) is 5.69 Å². The minimum absolute atomic E-state index is 0.0848. The molecule has 1 amide bonds. The molecular formula is C16H15N3O4. The number of hydrogen-bond donors (Lipinski definition) is 1. The summed E-state index contributed by atoms with van der Waals surface area (Å²) in [5, 5.41) is 14.7. The second-order valence-electron chi connectivity index (χ2n) is 4.72. The first-order chi connectivity index (χ1) is 11.0. The molecule has 2 aromatic carbocycles. The number of benzene rings is 2. The maximum atomic E-state index is 12.1. The van der Waals surface area contributed by atoms with Crippen molar-refractivity contribution in [3.05, 3.63) is 69.3 Å². The van der Waals surface area contributed by atoms with Gasteiger partial charge in [-0.1, -0.05) is 18.2 Å². The highest BCUT2D eigenvalue weighted by Crippen LogP contribution is 2.19. The summed E-state index contributed by atoms with van der Waals surface area (Å²) in [5.41, 5.74) is 3.84. The summed E-state index contributed by atoms with van der Waals surface area (Å²) in [5.74, 6) is -0.0277. The smallest absolute Gasteiger partial charge is 0.278 e. The van der Waals surface area contributed by atoms with Gasteiger partial charge in [-0.15, -0.1) is 0 Å². The van der Waals surface area contributed by atoms with Gasteiger partial charge in [-0.25, -0.2) is 5.43 Å². The maximum absolute atomic E-state index is 12.1. The van der Waals surface area contributed by atoms with E-state index in [-0.39, 0.29) is 5.69 Å². The van der Waals surface area contributed by atoms with Crippen molar-refractivity contribution in [2.75, 3.05) is 7.11 Å². The number of carbonyl (C=O) groups excluding carboxylic acids is 1. The normalized spacial score (nSPS) is 10.5. The fourth-order valence-electron chi connectivity index (χ4n) is 1.97. The van der Waals surface area contributed by atoms with Crippen molar-refractivity contribution in [3.8, 4) is 5.75 Å². The van der Waals surface area contributed by atoms with Crippen molar-refractivity contribution in [2.24, 2.45) is 5.10 Å². The first kappa shape index (κ1) is 16.2. The van der Waals surface area contributed by atoms with Crippen molar-refractivity contribution in [3.63, 3.8) is 0 Å². The van der Waals surface area contributed by atoms with Gasteiger partial charge >= 0.3 is 0 Å². The van der Waals surface area contributed by atoms with Crippen LogP contribution in [0.3, 0.4) is 0 Å². The lowest BCUT2D eigenvalue weighted by molar-refractivity contribution is -0.385. The maximum Gasteiger partial charge on any atom is 0.278 e. The third-order valence-corrected chi connectivity index (χ3v) is 3.10. The lowest BCUT2D eigenvalue weighted by Crippen LogP contribution is -2.18. The molecule has 2 rings (SSSR count). The Hall–Kier alpha value is -3.22. The highest BCUT2D eigenvalue weighted by Gasteiger charge is 2.12. The van der Waals surface area contributed by atoms with Crippen LogP contribution in [-0.4, -0.2) is 24.2 Å². The summed E-state index contributed by atoms with van der Waals surface area (Å²) >= 11 is 0. The Morgan fingerprint density at radius 1 is 1.30 bits per heavy atom. The van der Waals surface area contributed by atoms with E-state index in [1.165, 1.54) is 19.4 Å².